The number of fused-ring (bicyclic) bond motifs is 2. The number of aliphatic hydroxyl groups is 1. The Morgan fingerprint density at radius 1 is 1.03 bits per heavy atom. The number of amides is 2. The zero-order chi connectivity index (χ0) is 25.4. The van der Waals surface area contributed by atoms with Gasteiger partial charge in [0.1, 0.15) is 17.6 Å². The number of carbonyl (C=O) groups excluding carboxylic acids is 3. The number of hydrogen-bond donors (Lipinski definition) is 1. The van der Waals surface area contributed by atoms with Gasteiger partial charge < -0.3 is 24.4 Å². The van der Waals surface area contributed by atoms with Gasteiger partial charge in [0.05, 0.1) is 18.1 Å². The molecular formula is C27H40N2O6. The number of nitrogens with zero attached hydrogens (tertiary/aromatic N) is 2. The molecule has 4 rings (SSSR count). The first-order valence-electron chi connectivity index (χ1n) is 13.0. The summed E-state index contributed by atoms with van der Waals surface area (Å²) in [6, 6.07) is -0.859. The van der Waals surface area contributed by atoms with E-state index in [1.54, 1.807) is 9.80 Å². The van der Waals surface area contributed by atoms with Gasteiger partial charge in [-0.15, -0.1) is 0 Å². The summed E-state index contributed by atoms with van der Waals surface area (Å²) in [5.41, 5.74) is -2.75. The van der Waals surface area contributed by atoms with Gasteiger partial charge in [-0.05, 0) is 66.2 Å². The van der Waals surface area contributed by atoms with Gasteiger partial charge in [0, 0.05) is 25.2 Å². The molecule has 1 unspecified atom stereocenters. The zero-order valence-electron chi connectivity index (χ0n) is 21.5. The summed E-state index contributed by atoms with van der Waals surface area (Å²) in [7, 11) is 0. The lowest BCUT2D eigenvalue weighted by Crippen LogP contribution is -2.59. The van der Waals surface area contributed by atoms with Gasteiger partial charge in [0.2, 0.25) is 11.8 Å². The lowest BCUT2D eigenvalue weighted by molar-refractivity contribution is -0.160. The first kappa shape index (κ1) is 25.9. The van der Waals surface area contributed by atoms with Gasteiger partial charge in [-0.1, -0.05) is 24.3 Å². The second kappa shape index (κ2) is 9.69. The molecule has 0 aromatic rings. The molecule has 0 bridgehead atoms. The highest BCUT2D eigenvalue weighted by Gasteiger charge is 2.74. The lowest BCUT2D eigenvalue weighted by Gasteiger charge is -2.41. The third kappa shape index (κ3) is 4.44. The van der Waals surface area contributed by atoms with E-state index in [2.05, 4.69) is 0 Å². The molecule has 8 nitrogen and oxygen atoms in total. The molecule has 2 saturated heterocycles. The quantitative estimate of drug-likeness (QED) is 0.363. The predicted molar refractivity (Wildman–Crippen MR) is 130 cm³/mol. The summed E-state index contributed by atoms with van der Waals surface area (Å²) in [6.45, 7) is 8.96. The molecule has 194 valence electrons. The number of likely N-dealkylation sites (tertiary alicyclic amines) is 1. The Kier molecular flexibility index (Phi) is 7.17. The predicted octanol–water partition coefficient (Wildman–Crippen LogP) is 2.60. The van der Waals surface area contributed by atoms with E-state index in [-0.39, 0.29) is 18.4 Å². The highest BCUT2D eigenvalue weighted by atomic mass is 16.6. The van der Waals surface area contributed by atoms with Crippen molar-refractivity contribution in [3.05, 3.63) is 24.3 Å². The van der Waals surface area contributed by atoms with Crippen molar-refractivity contribution in [1.29, 1.82) is 0 Å². The normalized spacial score (nSPS) is 36.4. The fraction of sp³-hybridized carbons (Fsp3) is 0.741. The molecule has 1 N–H and O–H groups in total. The van der Waals surface area contributed by atoms with Gasteiger partial charge in [0.15, 0.2) is 0 Å². The van der Waals surface area contributed by atoms with Crippen LogP contribution in [0.5, 0.6) is 0 Å². The monoisotopic (exact) mass is 488 g/mol. The van der Waals surface area contributed by atoms with Crippen LogP contribution >= 0.6 is 0 Å². The maximum atomic E-state index is 14.1. The van der Waals surface area contributed by atoms with Crippen LogP contribution in [-0.4, -0.2) is 81.8 Å². The molecule has 4 aliphatic heterocycles. The van der Waals surface area contributed by atoms with Crippen molar-refractivity contribution in [3.63, 3.8) is 0 Å². The first-order valence-corrected chi connectivity index (χ1v) is 13.0. The number of cyclic esters (lactones) is 1. The average molecular weight is 489 g/mol. The number of unbranched alkanes of at least 4 members (excludes halogenated alkanes) is 2. The van der Waals surface area contributed by atoms with Crippen molar-refractivity contribution in [2.75, 3.05) is 26.3 Å². The molecule has 2 fully saturated rings. The minimum atomic E-state index is -1.25. The van der Waals surface area contributed by atoms with Crippen LogP contribution < -0.4 is 0 Å². The Hall–Kier alpha value is -2.19. The Balaban J connectivity index is 1.81. The second-order valence-electron chi connectivity index (χ2n) is 11.4. The average Bonchev–Trinajstić information content (AvgIpc) is 3.10. The first-order chi connectivity index (χ1) is 16.6. The van der Waals surface area contributed by atoms with E-state index in [4.69, 9.17) is 9.47 Å². The fourth-order valence-corrected chi connectivity index (χ4v) is 6.21. The van der Waals surface area contributed by atoms with Crippen LogP contribution in [0.3, 0.4) is 0 Å². The highest BCUT2D eigenvalue weighted by molar-refractivity contribution is 5.99. The number of carbonyl (C=O) groups is 3. The van der Waals surface area contributed by atoms with Gasteiger partial charge in [-0.2, -0.15) is 0 Å². The van der Waals surface area contributed by atoms with Gasteiger partial charge in [-0.3, -0.25) is 14.4 Å². The van der Waals surface area contributed by atoms with Crippen molar-refractivity contribution < 1.29 is 29.0 Å². The third-order valence-corrected chi connectivity index (χ3v) is 7.87. The van der Waals surface area contributed by atoms with Crippen molar-refractivity contribution in [3.8, 4) is 0 Å². The molecule has 2 amide bonds. The summed E-state index contributed by atoms with van der Waals surface area (Å²) in [6.07, 6.45) is 12.3. The molecule has 8 heteroatoms. The molecule has 0 aromatic carbocycles. The summed E-state index contributed by atoms with van der Waals surface area (Å²) < 4.78 is 12.4. The van der Waals surface area contributed by atoms with Gasteiger partial charge >= 0.3 is 5.97 Å². The number of esters is 1. The summed E-state index contributed by atoms with van der Waals surface area (Å²) in [4.78, 5) is 45.1. The lowest BCUT2D eigenvalue weighted by atomic mass is 9.74. The maximum absolute atomic E-state index is 14.1. The Morgan fingerprint density at radius 3 is 2.51 bits per heavy atom. The van der Waals surface area contributed by atoms with E-state index in [9.17, 15) is 19.5 Å². The van der Waals surface area contributed by atoms with Crippen LogP contribution in [-0.2, 0) is 23.9 Å². The minimum Gasteiger partial charge on any atom is -0.465 e. The van der Waals surface area contributed by atoms with Crippen molar-refractivity contribution >= 4 is 17.8 Å². The summed E-state index contributed by atoms with van der Waals surface area (Å²) in [5.74, 6) is -2.51. The van der Waals surface area contributed by atoms with Gasteiger partial charge in [-0.25, -0.2) is 0 Å². The van der Waals surface area contributed by atoms with Crippen LogP contribution in [0.4, 0.5) is 0 Å². The standard InChI is InChI=1S/C27H40N2O6/c1-25(2,3)29-16-12-14-27-19(22(31)28(21(27)23(29)32)15-9-7-10-17-30)20-24(33)34-18-11-6-5-8-13-26(20,4)35-27/h8,12-14,19-21,30H,5-7,9-11,15-18H2,1-4H3/b13-8-/t19-,20-,21?,26+,27-/m0/s1. The van der Waals surface area contributed by atoms with E-state index < -0.39 is 40.6 Å². The number of rotatable bonds is 5. The van der Waals surface area contributed by atoms with E-state index in [0.717, 1.165) is 25.7 Å². The van der Waals surface area contributed by atoms with Crippen LogP contribution in [0.15, 0.2) is 24.3 Å². The molecular weight excluding hydrogens is 448 g/mol. The molecule has 5 atom stereocenters. The largest absolute Gasteiger partial charge is 0.465 e. The number of hydrogen-bond acceptors (Lipinski definition) is 6. The topological polar surface area (TPSA) is 96.4 Å². The van der Waals surface area contributed by atoms with Crippen LogP contribution in [0.2, 0.25) is 0 Å². The molecule has 4 heterocycles. The maximum Gasteiger partial charge on any atom is 0.313 e. The highest BCUT2D eigenvalue weighted by Crippen LogP contribution is 2.57. The SMILES string of the molecule is CC(C)(C)N1CC=C[C@]23O[C@]4(C)/C=C\CCCCOC(=O)[C@@H]4[C@H]2C(=O)N(CCCCCO)C3C1=O. The molecule has 1 spiro atoms. The van der Waals surface area contributed by atoms with E-state index in [1.165, 1.54) is 0 Å². The van der Waals surface area contributed by atoms with Crippen LogP contribution in [0.25, 0.3) is 0 Å². The Morgan fingerprint density at radius 2 is 1.80 bits per heavy atom. The number of aliphatic hydroxyl groups excluding tert-OH is 1. The smallest absolute Gasteiger partial charge is 0.313 e. The second-order valence-corrected chi connectivity index (χ2v) is 11.4. The van der Waals surface area contributed by atoms with Crippen LogP contribution in [0, 0.1) is 11.8 Å². The molecule has 0 radical (unpaired) electrons. The zero-order valence-corrected chi connectivity index (χ0v) is 21.5. The fourth-order valence-electron chi connectivity index (χ4n) is 6.21. The van der Waals surface area contributed by atoms with E-state index in [0.29, 0.717) is 32.5 Å². The molecule has 35 heavy (non-hydrogen) atoms. The van der Waals surface area contributed by atoms with Crippen molar-refractivity contribution in [1.82, 2.24) is 9.80 Å². The van der Waals surface area contributed by atoms with E-state index in [1.807, 2.05) is 52.0 Å². The van der Waals surface area contributed by atoms with Crippen LogP contribution in [0.1, 0.15) is 66.2 Å². The Bertz CT molecular complexity index is 908. The summed E-state index contributed by atoms with van der Waals surface area (Å²) >= 11 is 0. The van der Waals surface area contributed by atoms with Crippen molar-refractivity contribution in [2.45, 2.75) is 89.0 Å². The Labute approximate surface area is 208 Å². The summed E-state index contributed by atoms with van der Waals surface area (Å²) in [5, 5.41) is 9.18. The minimum absolute atomic E-state index is 0.0884. The third-order valence-electron chi connectivity index (χ3n) is 7.87. The number of ether oxygens (including phenoxy) is 2. The molecule has 0 aliphatic carbocycles. The molecule has 4 aliphatic rings. The number of allylic oxidation sites excluding steroid dienone is 1. The molecule has 0 saturated carbocycles. The van der Waals surface area contributed by atoms with Gasteiger partial charge in [0.25, 0.3) is 0 Å². The van der Waals surface area contributed by atoms with Crippen molar-refractivity contribution in [2.24, 2.45) is 11.8 Å². The van der Waals surface area contributed by atoms with E-state index >= 15 is 0 Å². The molecule has 0 aromatic heterocycles.